The van der Waals surface area contributed by atoms with Crippen molar-refractivity contribution in [3.05, 3.63) is 12.7 Å². The highest BCUT2D eigenvalue weighted by atomic mass is 16.2. The van der Waals surface area contributed by atoms with Gasteiger partial charge in [0.05, 0.1) is 0 Å². The molecule has 0 radical (unpaired) electrons. The molecule has 1 rings (SSSR count). The summed E-state index contributed by atoms with van der Waals surface area (Å²) in [6.45, 7) is 7.20. The number of carbonyl (C=O) groups excluding carboxylic acids is 3. The van der Waals surface area contributed by atoms with Crippen molar-refractivity contribution in [2.24, 2.45) is 5.92 Å². The molecule has 6 nitrogen and oxygen atoms in total. The molecule has 1 atom stereocenters. The van der Waals surface area contributed by atoms with Crippen molar-refractivity contribution in [2.45, 2.75) is 19.9 Å². The summed E-state index contributed by atoms with van der Waals surface area (Å²) >= 11 is 0. The topological polar surface area (TPSA) is 78.5 Å². The third-order valence-corrected chi connectivity index (χ3v) is 2.47. The molecular formula is C11H17N3O3. The molecule has 0 aliphatic carbocycles. The van der Waals surface area contributed by atoms with Crippen LogP contribution in [0.3, 0.4) is 0 Å². The Hall–Kier alpha value is -1.85. The maximum atomic E-state index is 11.8. The maximum absolute atomic E-state index is 11.8. The quantitative estimate of drug-likeness (QED) is 0.518. The smallest absolute Gasteiger partial charge is 0.325 e. The summed E-state index contributed by atoms with van der Waals surface area (Å²) in [6.07, 6.45) is 1.53. The summed E-state index contributed by atoms with van der Waals surface area (Å²) in [5.41, 5.74) is 0. The van der Waals surface area contributed by atoms with Crippen LogP contribution in [0.4, 0.5) is 4.79 Å². The van der Waals surface area contributed by atoms with Crippen molar-refractivity contribution in [3.8, 4) is 0 Å². The van der Waals surface area contributed by atoms with E-state index in [1.165, 1.54) is 6.08 Å². The SMILES string of the molecule is C=CCNC(=O)CN1C(=O)N[C@@H](C(C)C)C1=O. The minimum Gasteiger partial charge on any atom is -0.351 e. The van der Waals surface area contributed by atoms with Gasteiger partial charge in [-0.2, -0.15) is 0 Å². The third-order valence-electron chi connectivity index (χ3n) is 2.47. The van der Waals surface area contributed by atoms with Crippen LogP contribution in [0.2, 0.25) is 0 Å². The minimum atomic E-state index is -0.533. The van der Waals surface area contributed by atoms with E-state index in [1.807, 2.05) is 13.8 Å². The molecule has 4 amide bonds. The highest BCUT2D eigenvalue weighted by Crippen LogP contribution is 2.13. The van der Waals surface area contributed by atoms with Gasteiger partial charge in [0.25, 0.3) is 5.91 Å². The van der Waals surface area contributed by atoms with E-state index >= 15 is 0 Å². The van der Waals surface area contributed by atoms with Crippen molar-refractivity contribution in [1.82, 2.24) is 15.5 Å². The molecule has 0 bridgehead atoms. The largest absolute Gasteiger partial charge is 0.351 e. The lowest BCUT2D eigenvalue weighted by molar-refractivity contribution is -0.132. The average molecular weight is 239 g/mol. The molecule has 1 saturated heterocycles. The van der Waals surface area contributed by atoms with Crippen LogP contribution in [-0.2, 0) is 9.59 Å². The predicted molar refractivity (Wildman–Crippen MR) is 62.1 cm³/mol. The molecule has 1 aliphatic rings. The van der Waals surface area contributed by atoms with E-state index < -0.39 is 12.1 Å². The molecule has 0 unspecified atom stereocenters. The normalized spacial score (nSPS) is 19.5. The number of nitrogens with zero attached hydrogens (tertiary/aromatic N) is 1. The average Bonchev–Trinajstić information content (AvgIpc) is 2.54. The Balaban J connectivity index is 2.60. The molecular weight excluding hydrogens is 222 g/mol. The Kier molecular flexibility index (Phi) is 4.25. The molecule has 6 heteroatoms. The van der Waals surface area contributed by atoms with Gasteiger partial charge in [0.2, 0.25) is 5.91 Å². The molecule has 1 heterocycles. The van der Waals surface area contributed by atoms with Crippen LogP contribution < -0.4 is 10.6 Å². The first-order valence-electron chi connectivity index (χ1n) is 5.46. The van der Waals surface area contributed by atoms with Gasteiger partial charge in [0, 0.05) is 6.54 Å². The van der Waals surface area contributed by atoms with E-state index in [4.69, 9.17) is 0 Å². The van der Waals surface area contributed by atoms with Crippen LogP contribution in [0.25, 0.3) is 0 Å². The Morgan fingerprint density at radius 3 is 2.71 bits per heavy atom. The van der Waals surface area contributed by atoms with Gasteiger partial charge in [-0.05, 0) is 5.92 Å². The van der Waals surface area contributed by atoms with Crippen LogP contribution >= 0.6 is 0 Å². The number of rotatable bonds is 5. The fourth-order valence-corrected chi connectivity index (χ4v) is 1.53. The van der Waals surface area contributed by atoms with E-state index in [-0.39, 0.29) is 24.3 Å². The monoisotopic (exact) mass is 239 g/mol. The predicted octanol–water partition coefficient (Wildman–Crippen LogP) is -0.135. The Morgan fingerprint density at radius 1 is 1.59 bits per heavy atom. The minimum absolute atomic E-state index is 0.00712. The van der Waals surface area contributed by atoms with Crippen molar-refractivity contribution < 1.29 is 14.4 Å². The fraction of sp³-hybridized carbons (Fsp3) is 0.545. The molecule has 0 aromatic carbocycles. The highest BCUT2D eigenvalue weighted by molar-refractivity contribution is 6.06. The molecule has 1 fully saturated rings. The van der Waals surface area contributed by atoms with Crippen LogP contribution in [0.15, 0.2) is 12.7 Å². The zero-order valence-electron chi connectivity index (χ0n) is 10.0. The molecule has 0 spiro atoms. The summed E-state index contributed by atoms with van der Waals surface area (Å²) in [5, 5.41) is 5.07. The van der Waals surface area contributed by atoms with Gasteiger partial charge in [-0.1, -0.05) is 19.9 Å². The zero-order valence-corrected chi connectivity index (χ0v) is 10.0. The first kappa shape index (κ1) is 13.2. The Morgan fingerprint density at radius 2 is 2.24 bits per heavy atom. The standard InChI is InChI=1S/C11H17N3O3/c1-4-5-12-8(15)6-14-10(16)9(7(2)3)13-11(14)17/h4,7,9H,1,5-6H2,2-3H3,(H,12,15)(H,13,17)/t9-/m0/s1. The molecule has 2 N–H and O–H groups in total. The number of imide groups is 1. The second-order valence-corrected chi connectivity index (χ2v) is 4.19. The summed E-state index contributed by atoms with van der Waals surface area (Å²) in [4.78, 5) is 35.6. The maximum Gasteiger partial charge on any atom is 0.325 e. The second kappa shape index (κ2) is 5.47. The molecule has 0 saturated carbocycles. The van der Waals surface area contributed by atoms with Crippen molar-refractivity contribution in [2.75, 3.05) is 13.1 Å². The van der Waals surface area contributed by atoms with Crippen molar-refractivity contribution in [1.29, 1.82) is 0 Å². The summed E-state index contributed by atoms with van der Waals surface area (Å²) < 4.78 is 0. The summed E-state index contributed by atoms with van der Waals surface area (Å²) in [7, 11) is 0. The van der Waals surface area contributed by atoms with Crippen LogP contribution in [0.1, 0.15) is 13.8 Å². The summed E-state index contributed by atoms with van der Waals surface area (Å²) in [5.74, 6) is -0.718. The van der Waals surface area contributed by atoms with E-state index in [0.29, 0.717) is 6.54 Å². The van der Waals surface area contributed by atoms with Crippen LogP contribution in [-0.4, -0.2) is 41.9 Å². The number of urea groups is 1. The lowest BCUT2D eigenvalue weighted by Gasteiger charge is -2.13. The van der Waals surface area contributed by atoms with Gasteiger partial charge in [-0.15, -0.1) is 6.58 Å². The molecule has 94 valence electrons. The molecule has 0 aromatic rings. The Labute approximate surface area is 100 Å². The van der Waals surface area contributed by atoms with E-state index in [9.17, 15) is 14.4 Å². The van der Waals surface area contributed by atoms with E-state index in [1.54, 1.807) is 0 Å². The molecule has 17 heavy (non-hydrogen) atoms. The summed E-state index contributed by atoms with van der Waals surface area (Å²) in [6, 6.07) is -1.04. The van der Waals surface area contributed by atoms with Crippen LogP contribution in [0.5, 0.6) is 0 Å². The number of hydrogen-bond donors (Lipinski definition) is 2. The first-order valence-corrected chi connectivity index (χ1v) is 5.46. The lowest BCUT2D eigenvalue weighted by atomic mass is 10.1. The van der Waals surface area contributed by atoms with Gasteiger partial charge >= 0.3 is 6.03 Å². The molecule has 1 aliphatic heterocycles. The lowest BCUT2D eigenvalue weighted by Crippen LogP contribution is -2.41. The van der Waals surface area contributed by atoms with Gasteiger partial charge < -0.3 is 10.6 Å². The van der Waals surface area contributed by atoms with E-state index in [2.05, 4.69) is 17.2 Å². The number of hydrogen-bond acceptors (Lipinski definition) is 3. The van der Waals surface area contributed by atoms with Gasteiger partial charge in [-0.25, -0.2) is 4.79 Å². The number of carbonyl (C=O) groups is 3. The van der Waals surface area contributed by atoms with Crippen molar-refractivity contribution >= 4 is 17.8 Å². The third kappa shape index (κ3) is 3.05. The zero-order chi connectivity index (χ0) is 13.0. The molecule has 0 aromatic heterocycles. The van der Waals surface area contributed by atoms with Gasteiger partial charge in [0.1, 0.15) is 12.6 Å². The second-order valence-electron chi connectivity index (χ2n) is 4.19. The van der Waals surface area contributed by atoms with E-state index in [0.717, 1.165) is 4.90 Å². The van der Waals surface area contributed by atoms with Gasteiger partial charge in [-0.3, -0.25) is 14.5 Å². The fourth-order valence-electron chi connectivity index (χ4n) is 1.53. The van der Waals surface area contributed by atoms with Gasteiger partial charge in [0.15, 0.2) is 0 Å². The van der Waals surface area contributed by atoms with Crippen molar-refractivity contribution in [3.63, 3.8) is 0 Å². The number of nitrogens with one attached hydrogen (secondary N) is 2. The highest BCUT2D eigenvalue weighted by Gasteiger charge is 2.40. The Bertz CT molecular complexity index is 352. The van der Waals surface area contributed by atoms with Crippen LogP contribution in [0, 0.1) is 5.92 Å². The number of amides is 4. The first-order chi connectivity index (χ1) is 7.97.